The van der Waals surface area contributed by atoms with Crippen LogP contribution in [0.3, 0.4) is 0 Å². The lowest BCUT2D eigenvalue weighted by molar-refractivity contribution is 0.113. The lowest BCUT2D eigenvalue weighted by atomic mass is 10.2. The van der Waals surface area contributed by atoms with Crippen LogP contribution in [0, 0.1) is 5.92 Å². The van der Waals surface area contributed by atoms with Crippen molar-refractivity contribution in [3.8, 4) is 0 Å². The molecule has 0 saturated heterocycles. The van der Waals surface area contributed by atoms with E-state index in [1.54, 1.807) is 11.9 Å². The van der Waals surface area contributed by atoms with E-state index in [9.17, 15) is 9.90 Å². The van der Waals surface area contributed by atoms with Crippen LogP contribution in [0.5, 0.6) is 0 Å². The highest BCUT2D eigenvalue weighted by atomic mass is 16.3. The van der Waals surface area contributed by atoms with Gasteiger partial charge in [0.05, 0.1) is 12.6 Å². The smallest absolute Gasteiger partial charge is 0.317 e. The van der Waals surface area contributed by atoms with E-state index in [2.05, 4.69) is 20.1 Å². The van der Waals surface area contributed by atoms with Crippen LogP contribution in [0.15, 0.2) is 0 Å². The Hall–Kier alpha value is -1.63. The van der Waals surface area contributed by atoms with Gasteiger partial charge in [-0.05, 0) is 31.6 Å². The highest BCUT2D eigenvalue weighted by Crippen LogP contribution is 2.32. The summed E-state index contributed by atoms with van der Waals surface area (Å²) in [5.41, 5.74) is 0. The Morgan fingerprint density at radius 3 is 3.00 bits per heavy atom. The lowest BCUT2D eigenvalue weighted by Gasteiger charge is -2.21. The van der Waals surface area contributed by atoms with E-state index in [4.69, 9.17) is 0 Å². The van der Waals surface area contributed by atoms with E-state index >= 15 is 0 Å². The maximum Gasteiger partial charge on any atom is 0.317 e. The minimum Gasteiger partial charge on any atom is -0.391 e. The number of likely N-dealkylation sites (N-methyl/N-ethyl adjacent to an activating group) is 1. The molecule has 2 heterocycles. The largest absolute Gasteiger partial charge is 0.391 e. The van der Waals surface area contributed by atoms with Crippen LogP contribution in [0.1, 0.15) is 43.8 Å². The summed E-state index contributed by atoms with van der Waals surface area (Å²) in [4.78, 5) is 13.6. The second-order valence-corrected chi connectivity index (χ2v) is 6.44. The topological polar surface area (TPSA) is 83.3 Å². The zero-order valence-electron chi connectivity index (χ0n) is 13.2. The van der Waals surface area contributed by atoms with Gasteiger partial charge >= 0.3 is 6.03 Å². The van der Waals surface area contributed by atoms with E-state index < -0.39 is 6.10 Å². The molecule has 1 atom stereocenters. The molecule has 122 valence electrons. The van der Waals surface area contributed by atoms with E-state index in [-0.39, 0.29) is 6.03 Å². The van der Waals surface area contributed by atoms with Crippen molar-refractivity contribution in [2.24, 2.45) is 5.92 Å². The first-order valence-electron chi connectivity index (χ1n) is 8.23. The second-order valence-electron chi connectivity index (χ2n) is 6.44. The monoisotopic (exact) mass is 307 g/mol. The number of hydrogen-bond acceptors (Lipinski definition) is 4. The van der Waals surface area contributed by atoms with Crippen LogP contribution in [0.4, 0.5) is 4.79 Å². The van der Waals surface area contributed by atoms with E-state index in [1.165, 1.54) is 6.42 Å². The van der Waals surface area contributed by atoms with Gasteiger partial charge in [-0.1, -0.05) is 6.42 Å². The molecule has 1 saturated carbocycles. The number of aliphatic hydroxyl groups excluding tert-OH is 1. The highest BCUT2D eigenvalue weighted by molar-refractivity contribution is 5.73. The Kier molecular flexibility index (Phi) is 4.61. The number of hydrogen-bond donors (Lipinski definition) is 2. The Morgan fingerprint density at radius 2 is 2.23 bits per heavy atom. The second kappa shape index (κ2) is 6.64. The summed E-state index contributed by atoms with van der Waals surface area (Å²) in [6, 6.07) is -0.175. The molecule has 7 heteroatoms. The Balaban J connectivity index is 1.51. The molecule has 1 fully saturated rings. The van der Waals surface area contributed by atoms with Crippen molar-refractivity contribution >= 4 is 6.03 Å². The van der Waals surface area contributed by atoms with Gasteiger partial charge in [0.2, 0.25) is 0 Å². The number of aliphatic hydroxyl groups is 1. The normalized spacial score (nSPS) is 19.2. The first kappa shape index (κ1) is 15.3. The van der Waals surface area contributed by atoms with Gasteiger partial charge in [0.1, 0.15) is 5.82 Å². The number of nitrogens with one attached hydrogen (secondary N) is 1. The zero-order chi connectivity index (χ0) is 15.5. The molecule has 3 rings (SSSR count). The maximum atomic E-state index is 12.1. The summed E-state index contributed by atoms with van der Waals surface area (Å²) >= 11 is 0. The molecule has 0 bridgehead atoms. The number of fused-ring (bicyclic) bond motifs is 1. The van der Waals surface area contributed by atoms with Gasteiger partial charge in [0, 0.05) is 26.6 Å². The average molecular weight is 307 g/mol. The van der Waals surface area contributed by atoms with Crippen LogP contribution in [-0.2, 0) is 19.5 Å². The molecule has 2 amide bonds. The van der Waals surface area contributed by atoms with E-state index in [0.29, 0.717) is 19.0 Å². The number of urea groups is 1. The third kappa shape index (κ3) is 3.58. The summed E-state index contributed by atoms with van der Waals surface area (Å²) in [6.07, 6.45) is 6.22. The van der Waals surface area contributed by atoms with Crippen molar-refractivity contribution < 1.29 is 9.90 Å². The molecular weight excluding hydrogens is 282 g/mol. The fourth-order valence-electron chi connectivity index (χ4n) is 2.96. The van der Waals surface area contributed by atoms with Crippen molar-refractivity contribution in [3.05, 3.63) is 11.6 Å². The molecular formula is C15H25N5O2. The van der Waals surface area contributed by atoms with Gasteiger partial charge in [-0.15, -0.1) is 10.2 Å². The first-order chi connectivity index (χ1) is 10.6. The molecule has 22 heavy (non-hydrogen) atoms. The third-order valence-corrected chi connectivity index (χ3v) is 4.56. The van der Waals surface area contributed by atoms with Crippen LogP contribution in [0.2, 0.25) is 0 Å². The average Bonchev–Trinajstić information content (AvgIpc) is 3.31. The maximum absolute atomic E-state index is 12.1. The fraction of sp³-hybridized carbons (Fsp3) is 0.800. The number of aryl methyl sites for hydroxylation is 1. The predicted molar refractivity (Wildman–Crippen MR) is 81.2 cm³/mol. The highest BCUT2D eigenvalue weighted by Gasteiger charge is 2.31. The molecule has 2 N–H and O–H groups in total. The van der Waals surface area contributed by atoms with Crippen molar-refractivity contribution in [2.45, 2.75) is 57.7 Å². The Bertz CT molecular complexity index is 526. The van der Waals surface area contributed by atoms with Crippen LogP contribution < -0.4 is 5.32 Å². The zero-order valence-corrected chi connectivity index (χ0v) is 13.2. The molecule has 1 aliphatic carbocycles. The molecule has 0 spiro atoms. The molecule has 7 nitrogen and oxygen atoms in total. The molecule has 1 unspecified atom stereocenters. The number of nitrogens with zero attached hydrogens (tertiary/aromatic N) is 4. The summed E-state index contributed by atoms with van der Waals surface area (Å²) in [5.74, 6) is 2.23. The van der Waals surface area contributed by atoms with Gasteiger partial charge in [-0.2, -0.15) is 0 Å². The van der Waals surface area contributed by atoms with Crippen LogP contribution >= 0.6 is 0 Å². The summed E-state index contributed by atoms with van der Waals surface area (Å²) < 4.78 is 2.13. The Morgan fingerprint density at radius 1 is 1.41 bits per heavy atom. The molecule has 1 aliphatic heterocycles. The van der Waals surface area contributed by atoms with Crippen molar-refractivity contribution in [1.82, 2.24) is 25.0 Å². The van der Waals surface area contributed by atoms with Gasteiger partial charge in [-0.25, -0.2) is 4.79 Å². The minimum absolute atomic E-state index is 0.175. The lowest BCUT2D eigenvalue weighted by Crippen LogP contribution is -2.41. The minimum atomic E-state index is -0.403. The van der Waals surface area contributed by atoms with Gasteiger partial charge < -0.3 is 19.9 Å². The molecule has 0 aromatic carbocycles. The molecule has 1 aromatic heterocycles. The fourth-order valence-corrected chi connectivity index (χ4v) is 2.96. The first-order valence-corrected chi connectivity index (χ1v) is 8.23. The Labute approximate surface area is 130 Å². The van der Waals surface area contributed by atoms with Gasteiger partial charge in [0.25, 0.3) is 0 Å². The molecule has 1 aromatic rings. The summed E-state index contributed by atoms with van der Waals surface area (Å²) in [6.45, 7) is 1.70. The van der Waals surface area contributed by atoms with E-state index in [0.717, 1.165) is 50.3 Å². The third-order valence-electron chi connectivity index (χ3n) is 4.56. The molecule has 2 aliphatic rings. The predicted octanol–water partition coefficient (Wildman–Crippen LogP) is 0.917. The van der Waals surface area contributed by atoms with E-state index in [1.807, 2.05) is 0 Å². The van der Waals surface area contributed by atoms with Crippen LogP contribution in [0.25, 0.3) is 0 Å². The van der Waals surface area contributed by atoms with Gasteiger partial charge in [-0.3, -0.25) is 0 Å². The van der Waals surface area contributed by atoms with Crippen molar-refractivity contribution in [3.63, 3.8) is 0 Å². The van der Waals surface area contributed by atoms with Gasteiger partial charge in [0.15, 0.2) is 5.82 Å². The number of rotatable bonds is 5. The van der Waals surface area contributed by atoms with Crippen molar-refractivity contribution in [2.75, 3.05) is 13.6 Å². The number of aromatic nitrogens is 3. The van der Waals surface area contributed by atoms with Crippen molar-refractivity contribution in [1.29, 1.82) is 0 Å². The molecule has 0 radical (unpaired) electrons. The quantitative estimate of drug-likeness (QED) is 0.847. The number of amides is 2. The standard InChI is InChI=1S/C15H25N5O2/c1-19(10-12(21)11-6-7-11)15(22)16-9-14-18-17-13-5-3-2-4-8-20(13)14/h11-12,21H,2-10H2,1H3,(H,16,22). The summed E-state index contributed by atoms with van der Waals surface area (Å²) in [7, 11) is 1.71. The SMILES string of the molecule is CN(CC(O)C1CC1)C(=O)NCc1nnc2n1CCCCC2. The number of carbonyl (C=O) groups excluding carboxylic acids is 1. The summed E-state index contributed by atoms with van der Waals surface area (Å²) in [5, 5.41) is 21.2. The number of carbonyl (C=O) groups is 1. The van der Waals surface area contributed by atoms with Crippen LogP contribution in [-0.4, -0.2) is 50.5 Å².